The summed E-state index contributed by atoms with van der Waals surface area (Å²) in [6.45, 7) is 2.44. The second kappa shape index (κ2) is 12.0. The molecule has 0 fully saturated rings. The van der Waals surface area contributed by atoms with Crippen molar-refractivity contribution in [1.29, 1.82) is 0 Å². The van der Waals surface area contributed by atoms with Crippen LogP contribution in [0, 0.1) is 6.92 Å². The van der Waals surface area contributed by atoms with Crippen molar-refractivity contribution in [2.75, 3.05) is 17.5 Å². The number of para-hydroxylation sites is 2. The number of halogens is 1. The van der Waals surface area contributed by atoms with Crippen LogP contribution in [0.4, 0.5) is 5.69 Å². The van der Waals surface area contributed by atoms with Crippen molar-refractivity contribution in [3.05, 3.63) is 125 Å². The van der Waals surface area contributed by atoms with Crippen LogP contribution in [0.3, 0.4) is 0 Å². The smallest absolute Gasteiger partial charge is 0.264 e. The Morgan fingerprint density at radius 3 is 2.22 bits per heavy atom. The van der Waals surface area contributed by atoms with Crippen molar-refractivity contribution in [3.63, 3.8) is 0 Å². The average Bonchev–Trinajstić information content (AvgIpc) is 2.91. The minimum Gasteiger partial charge on any atom is -0.492 e. The normalized spacial score (nSPS) is 11.1. The molecule has 4 aromatic carbocycles. The van der Waals surface area contributed by atoms with Gasteiger partial charge in [0.1, 0.15) is 12.4 Å². The first-order chi connectivity index (χ1) is 17.8. The zero-order valence-electron chi connectivity index (χ0n) is 20.3. The van der Waals surface area contributed by atoms with Crippen molar-refractivity contribution in [3.8, 4) is 5.75 Å². The van der Waals surface area contributed by atoms with Gasteiger partial charge in [0.25, 0.3) is 15.9 Å². The van der Waals surface area contributed by atoms with Gasteiger partial charge in [0.05, 0.1) is 29.2 Å². The second-order valence-corrected chi connectivity index (χ2v) is 10.7. The summed E-state index contributed by atoms with van der Waals surface area (Å²) in [6, 6.07) is 29.6. The maximum atomic E-state index is 13.9. The highest BCUT2D eigenvalue weighted by Gasteiger charge is 2.28. The van der Waals surface area contributed by atoms with Gasteiger partial charge in [-0.1, -0.05) is 71.8 Å². The van der Waals surface area contributed by atoms with Crippen LogP contribution >= 0.6 is 11.6 Å². The first-order valence-corrected chi connectivity index (χ1v) is 13.6. The van der Waals surface area contributed by atoms with Crippen LogP contribution in [0.25, 0.3) is 0 Å². The number of hydrogen-bond donors (Lipinski definition) is 1. The number of anilines is 1. The summed E-state index contributed by atoms with van der Waals surface area (Å²) in [5.41, 5.74) is 2.19. The molecule has 4 rings (SSSR count). The molecular weight excluding hydrogens is 508 g/mol. The van der Waals surface area contributed by atoms with Crippen LogP contribution in [0.15, 0.2) is 108 Å². The third-order valence-corrected chi connectivity index (χ3v) is 7.69. The fraction of sp³-hybridized carbons (Fsp3) is 0.138. The van der Waals surface area contributed by atoms with E-state index in [4.69, 9.17) is 16.3 Å². The maximum Gasteiger partial charge on any atom is 0.264 e. The lowest BCUT2D eigenvalue weighted by atomic mass is 10.1. The second-order valence-electron chi connectivity index (χ2n) is 8.39. The lowest BCUT2D eigenvalue weighted by molar-refractivity contribution is 0.0947. The summed E-state index contributed by atoms with van der Waals surface area (Å²) in [6.07, 6.45) is 0. The van der Waals surface area contributed by atoms with Gasteiger partial charge in [-0.15, -0.1) is 0 Å². The van der Waals surface area contributed by atoms with E-state index in [0.29, 0.717) is 10.8 Å². The number of nitrogens with zero attached hydrogens (tertiary/aromatic N) is 1. The van der Waals surface area contributed by atoms with Gasteiger partial charge in [-0.05, 0) is 61.0 Å². The summed E-state index contributed by atoms with van der Waals surface area (Å²) in [5.74, 6) is 0.308. The lowest BCUT2D eigenvalue weighted by Gasteiger charge is -2.27. The Morgan fingerprint density at radius 2 is 1.51 bits per heavy atom. The first kappa shape index (κ1) is 26.3. The van der Waals surface area contributed by atoms with Gasteiger partial charge >= 0.3 is 0 Å². The number of nitrogens with one attached hydrogen (secondary N) is 1. The number of ether oxygens (including phenoxy) is 1. The third-order valence-electron chi connectivity index (χ3n) is 5.67. The van der Waals surface area contributed by atoms with Crippen molar-refractivity contribution in [2.45, 2.75) is 18.4 Å². The molecule has 0 aliphatic heterocycles. The van der Waals surface area contributed by atoms with Crippen molar-refractivity contribution >= 4 is 33.2 Å². The van der Waals surface area contributed by atoms with Gasteiger partial charge in [0.15, 0.2) is 0 Å². The minimum atomic E-state index is -4.00. The SMILES string of the molecule is Cc1ccc(S(=O)(=O)N(Cc2ccc(Cl)cc2)c2ccccc2C(=O)NCCOc2ccccc2)cc1. The molecule has 0 aromatic heterocycles. The quantitative estimate of drug-likeness (QED) is 0.259. The lowest BCUT2D eigenvalue weighted by Crippen LogP contribution is -2.34. The molecule has 6 nitrogen and oxygen atoms in total. The molecule has 0 spiro atoms. The van der Waals surface area contributed by atoms with E-state index in [1.165, 1.54) is 4.31 Å². The Balaban J connectivity index is 1.62. The van der Waals surface area contributed by atoms with E-state index in [1.54, 1.807) is 72.8 Å². The molecule has 1 amide bonds. The number of aryl methyl sites for hydroxylation is 1. The predicted octanol–water partition coefficient (Wildman–Crippen LogP) is 5.85. The average molecular weight is 535 g/mol. The molecule has 4 aromatic rings. The number of rotatable bonds is 10. The summed E-state index contributed by atoms with van der Waals surface area (Å²) < 4.78 is 34.6. The van der Waals surface area contributed by atoms with Crippen LogP contribution in [0.5, 0.6) is 5.75 Å². The minimum absolute atomic E-state index is 0.0226. The predicted molar refractivity (Wildman–Crippen MR) is 147 cm³/mol. The van der Waals surface area contributed by atoms with E-state index in [9.17, 15) is 13.2 Å². The highest BCUT2D eigenvalue weighted by atomic mass is 35.5. The molecule has 1 N–H and O–H groups in total. The monoisotopic (exact) mass is 534 g/mol. The van der Waals surface area contributed by atoms with E-state index in [-0.39, 0.29) is 35.8 Å². The number of sulfonamides is 1. The van der Waals surface area contributed by atoms with E-state index in [2.05, 4.69) is 5.32 Å². The number of carbonyl (C=O) groups is 1. The number of benzene rings is 4. The standard InChI is InChI=1S/C29H27ClN2O4S/c1-22-11-17-26(18-12-22)37(34,35)32(21-23-13-15-24(30)16-14-23)28-10-6-5-9-27(28)29(33)31-19-20-36-25-7-3-2-4-8-25/h2-18H,19-21H2,1H3,(H,31,33). The number of amides is 1. The molecule has 0 aliphatic rings. The summed E-state index contributed by atoms with van der Waals surface area (Å²) in [4.78, 5) is 13.3. The zero-order valence-corrected chi connectivity index (χ0v) is 21.9. The van der Waals surface area contributed by atoms with Crippen LogP contribution in [0.1, 0.15) is 21.5 Å². The summed E-state index contributed by atoms with van der Waals surface area (Å²) in [7, 11) is -4.00. The van der Waals surface area contributed by atoms with Crippen LogP contribution in [-0.2, 0) is 16.6 Å². The number of hydrogen-bond acceptors (Lipinski definition) is 4. The zero-order chi connectivity index (χ0) is 26.3. The molecule has 0 aliphatic carbocycles. The van der Waals surface area contributed by atoms with E-state index < -0.39 is 15.9 Å². The topological polar surface area (TPSA) is 75.7 Å². The van der Waals surface area contributed by atoms with Crippen molar-refractivity contribution in [1.82, 2.24) is 5.32 Å². The Morgan fingerprint density at radius 1 is 0.865 bits per heavy atom. The Hall–Kier alpha value is -3.81. The largest absolute Gasteiger partial charge is 0.492 e. The molecule has 0 atom stereocenters. The molecule has 0 heterocycles. The highest BCUT2D eigenvalue weighted by molar-refractivity contribution is 7.92. The maximum absolute atomic E-state index is 13.9. The third kappa shape index (κ3) is 6.70. The van der Waals surface area contributed by atoms with Crippen LogP contribution < -0.4 is 14.4 Å². The molecule has 37 heavy (non-hydrogen) atoms. The van der Waals surface area contributed by atoms with E-state index in [0.717, 1.165) is 11.1 Å². The van der Waals surface area contributed by atoms with Gasteiger partial charge in [0.2, 0.25) is 0 Å². The molecule has 190 valence electrons. The molecule has 0 saturated carbocycles. The van der Waals surface area contributed by atoms with E-state index in [1.807, 2.05) is 37.3 Å². The summed E-state index contributed by atoms with van der Waals surface area (Å²) in [5, 5.41) is 3.38. The van der Waals surface area contributed by atoms with Gasteiger partial charge in [-0.25, -0.2) is 8.42 Å². The first-order valence-electron chi connectivity index (χ1n) is 11.7. The Kier molecular flexibility index (Phi) is 8.48. The Labute approximate surface area is 222 Å². The molecule has 0 saturated heterocycles. The number of carbonyl (C=O) groups excluding carboxylic acids is 1. The highest BCUT2D eigenvalue weighted by Crippen LogP contribution is 2.29. The Bertz CT molecular complexity index is 1440. The molecule has 0 bridgehead atoms. The van der Waals surface area contributed by atoms with Gasteiger partial charge < -0.3 is 10.1 Å². The van der Waals surface area contributed by atoms with Crippen molar-refractivity contribution in [2.24, 2.45) is 0 Å². The fourth-order valence-corrected chi connectivity index (χ4v) is 5.32. The van der Waals surface area contributed by atoms with Gasteiger partial charge in [-0.3, -0.25) is 9.10 Å². The molecule has 0 radical (unpaired) electrons. The summed E-state index contributed by atoms with van der Waals surface area (Å²) >= 11 is 6.04. The van der Waals surface area contributed by atoms with Crippen LogP contribution in [0.2, 0.25) is 5.02 Å². The van der Waals surface area contributed by atoms with Crippen LogP contribution in [-0.4, -0.2) is 27.5 Å². The van der Waals surface area contributed by atoms with E-state index >= 15 is 0 Å². The van der Waals surface area contributed by atoms with Gasteiger partial charge in [-0.2, -0.15) is 0 Å². The fourth-order valence-electron chi connectivity index (χ4n) is 3.72. The van der Waals surface area contributed by atoms with Crippen molar-refractivity contribution < 1.29 is 17.9 Å². The van der Waals surface area contributed by atoms with Gasteiger partial charge in [0, 0.05) is 5.02 Å². The molecule has 0 unspecified atom stereocenters. The molecular formula is C29H27ClN2O4S. The molecule has 8 heteroatoms.